The van der Waals surface area contributed by atoms with Gasteiger partial charge in [0.1, 0.15) is 5.76 Å². The van der Waals surface area contributed by atoms with Crippen LogP contribution in [-0.4, -0.2) is 5.11 Å². The van der Waals surface area contributed by atoms with Gasteiger partial charge in [-0.1, -0.05) is 74.0 Å². The number of hydrogen-bond donors (Lipinski definition) is 1. The third-order valence-corrected chi connectivity index (χ3v) is 3.52. The van der Waals surface area contributed by atoms with Gasteiger partial charge in [-0.15, -0.1) is 0 Å². The molecule has 0 aromatic carbocycles. The van der Waals surface area contributed by atoms with Gasteiger partial charge in [0.25, 0.3) is 0 Å². The van der Waals surface area contributed by atoms with E-state index in [1.54, 1.807) is 6.08 Å². The van der Waals surface area contributed by atoms with E-state index in [4.69, 9.17) is 0 Å². The minimum atomic E-state index is 0.122. The van der Waals surface area contributed by atoms with Crippen LogP contribution in [0.25, 0.3) is 0 Å². The van der Waals surface area contributed by atoms with Crippen LogP contribution in [0.3, 0.4) is 0 Å². The first-order valence-electron chi connectivity index (χ1n) is 8.11. The van der Waals surface area contributed by atoms with Crippen LogP contribution in [0.5, 0.6) is 0 Å². The molecule has 0 saturated carbocycles. The molecule has 0 aliphatic carbocycles. The molecule has 2 atom stereocenters. The van der Waals surface area contributed by atoms with Gasteiger partial charge in [0.05, 0.1) is 0 Å². The topological polar surface area (TPSA) is 20.2 Å². The summed E-state index contributed by atoms with van der Waals surface area (Å²) in [6.07, 6.45) is 7.54. The Morgan fingerprint density at radius 2 is 1.55 bits per heavy atom. The van der Waals surface area contributed by atoms with Gasteiger partial charge in [-0.2, -0.15) is 0 Å². The lowest BCUT2D eigenvalue weighted by molar-refractivity contribution is 0.433. The molecular formula is C19H36O. The predicted molar refractivity (Wildman–Crippen MR) is 93.1 cm³/mol. The molecule has 118 valence electrons. The van der Waals surface area contributed by atoms with E-state index in [1.165, 1.54) is 25.7 Å². The summed E-state index contributed by atoms with van der Waals surface area (Å²) in [5.74, 6) is 1.39. The normalized spacial score (nSPS) is 14.0. The lowest BCUT2D eigenvalue weighted by Crippen LogP contribution is -2.04. The van der Waals surface area contributed by atoms with E-state index in [-0.39, 0.29) is 5.76 Å². The number of hydrogen-bond acceptors (Lipinski definition) is 1. The van der Waals surface area contributed by atoms with Gasteiger partial charge in [-0.25, -0.2) is 0 Å². The zero-order valence-electron chi connectivity index (χ0n) is 14.6. The molecule has 2 unspecified atom stereocenters. The molecule has 1 nitrogen and oxygen atoms in total. The Balaban J connectivity index is 0. The lowest BCUT2D eigenvalue weighted by Gasteiger charge is -2.18. The molecule has 0 aliphatic rings. The fourth-order valence-electron chi connectivity index (χ4n) is 1.85. The SMILES string of the molecule is C=C(O)/C=C(/CC)C(=C)C(C)CCC(C)CC.CCC. The number of aliphatic hydroxyl groups is 1. The third kappa shape index (κ3) is 10.9. The van der Waals surface area contributed by atoms with Crippen LogP contribution in [0, 0.1) is 11.8 Å². The second-order valence-electron chi connectivity index (χ2n) is 5.74. The van der Waals surface area contributed by atoms with Crippen LogP contribution in [0.1, 0.15) is 73.6 Å². The van der Waals surface area contributed by atoms with Crippen molar-refractivity contribution in [2.45, 2.75) is 73.6 Å². The Labute approximate surface area is 127 Å². The summed E-state index contributed by atoms with van der Waals surface area (Å²) >= 11 is 0. The first-order chi connectivity index (χ1) is 9.33. The fourth-order valence-corrected chi connectivity index (χ4v) is 1.85. The smallest absolute Gasteiger partial charge is 0.108 e. The maximum atomic E-state index is 9.23. The van der Waals surface area contributed by atoms with Crippen molar-refractivity contribution in [1.82, 2.24) is 0 Å². The summed E-state index contributed by atoms with van der Waals surface area (Å²) in [6, 6.07) is 0. The quantitative estimate of drug-likeness (QED) is 0.381. The highest BCUT2D eigenvalue weighted by Crippen LogP contribution is 2.26. The lowest BCUT2D eigenvalue weighted by atomic mass is 9.87. The highest BCUT2D eigenvalue weighted by Gasteiger charge is 2.11. The first kappa shape index (κ1) is 21.3. The van der Waals surface area contributed by atoms with Crippen molar-refractivity contribution in [2.24, 2.45) is 11.8 Å². The first-order valence-corrected chi connectivity index (χ1v) is 8.11. The van der Waals surface area contributed by atoms with Gasteiger partial charge >= 0.3 is 0 Å². The Morgan fingerprint density at radius 3 is 1.90 bits per heavy atom. The maximum Gasteiger partial charge on any atom is 0.108 e. The van der Waals surface area contributed by atoms with Gasteiger partial charge in [-0.05, 0) is 41.9 Å². The molecule has 1 N–H and O–H groups in total. The van der Waals surface area contributed by atoms with E-state index in [0.29, 0.717) is 5.92 Å². The van der Waals surface area contributed by atoms with Crippen molar-refractivity contribution in [3.05, 3.63) is 36.1 Å². The predicted octanol–water partition coefficient (Wildman–Crippen LogP) is 6.83. The summed E-state index contributed by atoms with van der Waals surface area (Å²) in [5.41, 5.74) is 2.26. The van der Waals surface area contributed by atoms with Crippen molar-refractivity contribution in [1.29, 1.82) is 0 Å². The Kier molecular flexibility index (Phi) is 13.9. The van der Waals surface area contributed by atoms with Crippen molar-refractivity contribution < 1.29 is 5.11 Å². The molecule has 1 heteroatoms. The van der Waals surface area contributed by atoms with Crippen molar-refractivity contribution in [2.75, 3.05) is 0 Å². The third-order valence-electron chi connectivity index (χ3n) is 3.52. The van der Waals surface area contributed by atoms with Crippen LogP contribution in [0.2, 0.25) is 0 Å². The number of allylic oxidation sites excluding steroid dienone is 3. The summed E-state index contributed by atoms with van der Waals surface area (Å²) < 4.78 is 0. The van der Waals surface area contributed by atoms with Crippen molar-refractivity contribution in [3.8, 4) is 0 Å². The molecule has 0 aromatic heterocycles. The van der Waals surface area contributed by atoms with E-state index in [2.05, 4.69) is 54.7 Å². The monoisotopic (exact) mass is 280 g/mol. The molecule has 0 amide bonds. The van der Waals surface area contributed by atoms with Crippen LogP contribution in [-0.2, 0) is 0 Å². The zero-order chi connectivity index (χ0) is 16.1. The van der Waals surface area contributed by atoms with Crippen LogP contribution < -0.4 is 0 Å². The van der Waals surface area contributed by atoms with Crippen LogP contribution >= 0.6 is 0 Å². The van der Waals surface area contributed by atoms with Crippen LogP contribution in [0.4, 0.5) is 0 Å². The van der Waals surface area contributed by atoms with E-state index in [9.17, 15) is 5.11 Å². The highest BCUT2D eigenvalue weighted by atomic mass is 16.3. The van der Waals surface area contributed by atoms with Gasteiger partial charge in [-0.3, -0.25) is 0 Å². The standard InChI is InChI=1S/C16H28O.C3H8/c1-7-12(3)9-10-13(4)15(6)16(8-2)11-14(5)17;1-3-2/h11-13,17H,5-10H2,1-4H3;3H2,1-2H3/b16-11-;. The van der Waals surface area contributed by atoms with Gasteiger partial charge in [0.2, 0.25) is 0 Å². The molecule has 0 bridgehead atoms. The molecular weight excluding hydrogens is 244 g/mol. The van der Waals surface area contributed by atoms with E-state index >= 15 is 0 Å². The molecule has 0 saturated heterocycles. The second-order valence-corrected chi connectivity index (χ2v) is 5.74. The minimum absolute atomic E-state index is 0.122. The molecule has 20 heavy (non-hydrogen) atoms. The van der Waals surface area contributed by atoms with E-state index < -0.39 is 0 Å². The molecule has 0 rings (SSSR count). The molecule has 0 heterocycles. The summed E-state index contributed by atoms with van der Waals surface area (Å²) in [4.78, 5) is 0. The Morgan fingerprint density at radius 1 is 1.05 bits per heavy atom. The van der Waals surface area contributed by atoms with Gasteiger partial charge in [0, 0.05) is 0 Å². The van der Waals surface area contributed by atoms with Crippen LogP contribution in [0.15, 0.2) is 36.1 Å². The van der Waals surface area contributed by atoms with Gasteiger partial charge in [0.15, 0.2) is 0 Å². The molecule has 0 fully saturated rings. The van der Waals surface area contributed by atoms with Crippen molar-refractivity contribution >= 4 is 0 Å². The number of rotatable bonds is 8. The van der Waals surface area contributed by atoms with Gasteiger partial charge < -0.3 is 5.11 Å². The van der Waals surface area contributed by atoms with E-state index in [0.717, 1.165) is 23.5 Å². The summed E-state index contributed by atoms with van der Waals surface area (Å²) in [5, 5.41) is 9.23. The molecule has 0 aliphatic heterocycles. The summed E-state index contributed by atoms with van der Waals surface area (Å²) in [7, 11) is 0. The van der Waals surface area contributed by atoms with E-state index in [1.807, 2.05) is 0 Å². The largest absolute Gasteiger partial charge is 0.509 e. The second kappa shape index (κ2) is 13.0. The average molecular weight is 280 g/mol. The maximum absolute atomic E-state index is 9.23. The van der Waals surface area contributed by atoms with Crippen molar-refractivity contribution in [3.63, 3.8) is 0 Å². The average Bonchev–Trinajstić information content (AvgIpc) is 2.41. The molecule has 0 radical (unpaired) electrons. The minimum Gasteiger partial charge on any atom is -0.509 e. The highest BCUT2D eigenvalue weighted by molar-refractivity contribution is 5.33. The summed E-state index contributed by atoms with van der Waals surface area (Å²) in [6.45, 7) is 20.8. The zero-order valence-corrected chi connectivity index (χ0v) is 14.6. The fraction of sp³-hybridized carbons (Fsp3) is 0.684. The molecule has 0 aromatic rings. The number of aliphatic hydroxyl groups excluding tert-OH is 1. The molecule has 0 spiro atoms. The Hall–Kier alpha value is -0.980. The Bertz CT molecular complexity index is 299.